The highest BCUT2D eigenvalue weighted by Crippen LogP contribution is 2.46. The van der Waals surface area contributed by atoms with E-state index in [0.29, 0.717) is 59.9 Å². The molecule has 0 radical (unpaired) electrons. The van der Waals surface area contributed by atoms with Gasteiger partial charge in [-0.2, -0.15) is 0 Å². The number of sulfonamides is 1. The standard InChI is InChI=1S/C43H52FN5O10S/c1-23(2)58-36-15-10-26(18-33(36)44)34-19-27-17-29(57-5)11-14-32(27)39(45-34)59-30-20-35-38(50)47-43(41(52)48-60(55,56)31-12-13-31)21-28(43)9-7-6-8-24(3)16-25(4)37(46-42(53)54)40(51)49(35)22-30/h7,9-11,14-15,17-19,23-25,28,30-31,35,37,46H,6,8,12-13,16,20-22H2,1-5H3,(H,47,50)(H,48,52)(H,53,54)/t24-,25+,28+,30+,35-,37-,43+/m0/s1. The number of methoxy groups -OCH3 is 1. The van der Waals surface area contributed by atoms with Crippen molar-refractivity contribution in [2.45, 2.75) is 108 Å². The maximum absolute atomic E-state index is 15.2. The zero-order valence-electron chi connectivity index (χ0n) is 34.3. The molecular weight excluding hydrogens is 798 g/mol. The highest BCUT2D eigenvalue weighted by Gasteiger charge is 2.62. The summed E-state index contributed by atoms with van der Waals surface area (Å²) in [6.45, 7) is 7.23. The van der Waals surface area contributed by atoms with E-state index in [-0.39, 0.29) is 43.0 Å². The van der Waals surface area contributed by atoms with Crippen molar-refractivity contribution in [3.8, 4) is 28.6 Å². The molecule has 1 aromatic heterocycles. The second kappa shape index (κ2) is 16.9. The topological polar surface area (TPSA) is 203 Å². The van der Waals surface area contributed by atoms with E-state index in [4.69, 9.17) is 19.2 Å². The normalized spacial score (nSPS) is 27.2. The SMILES string of the molecule is COc1ccc2c(O[C@@H]3C[C@H]4C(=O)N[C@]5(C(=O)NS(=O)(=O)C6CC6)C[C@H]5C=CCC[C@H](C)C[C@@H](C)[C@H](NC(=O)O)C(=O)N4C3)nc(-c3ccc(OC(C)C)c(F)c3)cc2c1. The molecule has 2 aromatic carbocycles. The van der Waals surface area contributed by atoms with Gasteiger partial charge in [-0.05, 0) is 112 Å². The van der Waals surface area contributed by atoms with Crippen molar-refractivity contribution in [1.29, 1.82) is 0 Å². The largest absolute Gasteiger partial charge is 0.497 e. The summed E-state index contributed by atoms with van der Waals surface area (Å²) in [6.07, 6.45) is 3.98. The molecule has 4 N–H and O–H groups in total. The lowest BCUT2D eigenvalue weighted by atomic mass is 9.88. The fraction of sp³-hybridized carbons (Fsp3) is 0.512. The van der Waals surface area contributed by atoms with E-state index in [1.807, 2.05) is 19.1 Å². The van der Waals surface area contributed by atoms with Gasteiger partial charge in [-0.1, -0.05) is 26.0 Å². The molecule has 4 amide bonds. The van der Waals surface area contributed by atoms with E-state index in [1.165, 1.54) is 24.1 Å². The molecule has 0 unspecified atom stereocenters. The van der Waals surface area contributed by atoms with Crippen molar-refractivity contribution in [2.75, 3.05) is 13.7 Å². The average Bonchev–Trinajstić information content (AvgIpc) is 4.12. The second-order valence-electron chi connectivity index (χ2n) is 16.9. The lowest BCUT2D eigenvalue weighted by molar-refractivity contribution is -0.142. The maximum Gasteiger partial charge on any atom is 0.405 e. The number of rotatable bonds is 10. The minimum Gasteiger partial charge on any atom is -0.497 e. The van der Waals surface area contributed by atoms with Crippen molar-refractivity contribution >= 4 is 44.6 Å². The van der Waals surface area contributed by atoms with Gasteiger partial charge in [-0.15, -0.1) is 0 Å². The van der Waals surface area contributed by atoms with Crippen LogP contribution in [-0.2, 0) is 24.4 Å². The van der Waals surface area contributed by atoms with E-state index in [9.17, 15) is 32.7 Å². The fourth-order valence-corrected chi connectivity index (χ4v) is 9.73. The summed E-state index contributed by atoms with van der Waals surface area (Å²) < 4.78 is 60.9. The van der Waals surface area contributed by atoms with E-state index in [1.54, 1.807) is 51.1 Å². The van der Waals surface area contributed by atoms with E-state index in [2.05, 4.69) is 15.4 Å². The molecule has 2 aliphatic heterocycles. The number of pyridine rings is 1. The summed E-state index contributed by atoms with van der Waals surface area (Å²) in [5.74, 6) is -2.91. The molecule has 2 aliphatic carbocycles. The van der Waals surface area contributed by atoms with Gasteiger partial charge in [0.2, 0.25) is 27.7 Å². The van der Waals surface area contributed by atoms with Crippen molar-refractivity contribution in [3.63, 3.8) is 0 Å². The lowest BCUT2D eigenvalue weighted by Gasteiger charge is -2.32. The molecule has 322 valence electrons. The first-order chi connectivity index (χ1) is 28.5. The van der Waals surface area contributed by atoms with Crippen LogP contribution in [0.25, 0.3) is 22.0 Å². The molecule has 3 aromatic rings. The summed E-state index contributed by atoms with van der Waals surface area (Å²) in [4.78, 5) is 61.1. The highest BCUT2D eigenvalue weighted by molar-refractivity contribution is 7.91. The Kier molecular flexibility index (Phi) is 12.0. The summed E-state index contributed by atoms with van der Waals surface area (Å²) in [5, 5.41) is 15.6. The predicted octanol–water partition coefficient (Wildman–Crippen LogP) is 5.32. The molecular formula is C43H52FN5O10S. The Balaban J connectivity index is 1.25. The summed E-state index contributed by atoms with van der Waals surface area (Å²) in [7, 11) is -2.43. The molecule has 60 heavy (non-hydrogen) atoms. The average molecular weight is 850 g/mol. The van der Waals surface area contributed by atoms with Crippen LogP contribution >= 0.6 is 0 Å². The van der Waals surface area contributed by atoms with Crippen LogP contribution in [-0.4, -0.2) is 96.0 Å². The number of fused-ring (bicyclic) bond motifs is 3. The van der Waals surface area contributed by atoms with Crippen LogP contribution in [0.5, 0.6) is 17.4 Å². The van der Waals surface area contributed by atoms with Crippen LogP contribution in [0, 0.1) is 23.6 Å². The van der Waals surface area contributed by atoms with Crippen LogP contribution in [0.2, 0.25) is 0 Å². The van der Waals surface area contributed by atoms with Gasteiger partial charge in [0.15, 0.2) is 11.6 Å². The maximum atomic E-state index is 15.2. The Morgan fingerprint density at radius 1 is 1.07 bits per heavy atom. The number of carbonyl (C=O) groups excluding carboxylic acids is 3. The molecule has 4 aliphatic rings. The first-order valence-corrected chi connectivity index (χ1v) is 22.0. The first kappa shape index (κ1) is 42.7. The number of hydrogen-bond acceptors (Lipinski definition) is 10. The summed E-state index contributed by atoms with van der Waals surface area (Å²) >= 11 is 0. The van der Waals surface area contributed by atoms with Crippen molar-refractivity contribution < 1.29 is 51.3 Å². The van der Waals surface area contributed by atoms with Gasteiger partial charge in [0.25, 0.3) is 5.91 Å². The van der Waals surface area contributed by atoms with Gasteiger partial charge in [-0.25, -0.2) is 22.6 Å². The van der Waals surface area contributed by atoms with Gasteiger partial charge in [0, 0.05) is 23.3 Å². The number of nitrogens with zero attached hydrogens (tertiary/aromatic N) is 2. The number of allylic oxidation sites excluding steroid dienone is 1. The molecule has 2 saturated carbocycles. The van der Waals surface area contributed by atoms with Crippen molar-refractivity contribution in [2.24, 2.45) is 17.8 Å². The number of carbonyl (C=O) groups is 4. The Bertz CT molecular complexity index is 2320. The number of carboxylic acid groups (broad SMARTS) is 1. The van der Waals surface area contributed by atoms with Crippen LogP contribution in [0.1, 0.15) is 72.6 Å². The molecule has 7 atom stereocenters. The number of hydrogen-bond donors (Lipinski definition) is 4. The fourth-order valence-electron chi connectivity index (χ4n) is 8.37. The van der Waals surface area contributed by atoms with Gasteiger partial charge < -0.3 is 34.9 Å². The molecule has 17 heteroatoms. The third-order valence-corrected chi connectivity index (χ3v) is 13.6. The molecule has 15 nitrogen and oxygen atoms in total. The lowest BCUT2D eigenvalue weighted by Crippen LogP contribution is -2.59. The monoisotopic (exact) mass is 849 g/mol. The second-order valence-corrected chi connectivity index (χ2v) is 18.9. The minimum absolute atomic E-state index is 0.0829. The zero-order chi connectivity index (χ0) is 43.1. The number of aromatic nitrogens is 1. The van der Waals surface area contributed by atoms with Crippen LogP contribution in [0.3, 0.4) is 0 Å². The molecule has 0 bridgehead atoms. The Morgan fingerprint density at radius 3 is 2.52 bits per heavy atom. The number of benzene rings is 2. The van der Waals surface area contributed by atoms with Crippen LogP contribution in [0.4, 0.5) is 9.18 Å². The molecule has 3 heterocycles. The Labute approximate surface area is 348 Å². The van der Waals surface area contributed by atoms with Crippen molar-refractivity contribution in [1.82, 2.24) is 25.2 Å². The Hall–Kier alpha value is -5.45. The zero-order valence-corrected chi connectivity index (χ0v) is 35.1. The van der Waals surface area contributed by atoms with Gasteiger partial charge >= 0.3 is 6.09 Å². The number of ether oxygens (including phenoxy) is 3. The van der Waals surface area contributed by atoms with Gasteiger partial charge in [0.1, 0.15) is 29.5 Å². The highest BCUT2D eigenvalue weighted by atomic mass is 32.2. The van der Waals surface area contributed by atoms with Crippen LogP contribution in [0.15, 0.2) is 54.6 Å². The van der Waals surface area contributed by atoms with Gasteiger partial charge in [0.05, 0.1) is 30.7 Å². The van der Waals surface area contributed by atoms with E-state index in [0.717, 1.165) is 0 Å². The number of nitrogens with one attached hydrogen (secondary N) is 3. The molecule has 3 fully saturated rings. The quantitative estimate of drug-likeness (QED) is 0.193. The summed E-state index contributed by atoms with van der Waals surface area (Å²) in [5.41, 5.74) is -0.798. The first-order valence-electron chi connectivity index (χ1n) is 20.4. The van der Waals surface area contributed by atoms with Gasteiger partial charge in [-0.3, -0.25) is 19.1 Å². The number of amides is 4. The molecule has 0 spiro atoms. The minimum atomic E-state index is -3.95. The smallest absolute Gasteiger partial charge is 0.405 e. The predicted molar refractivity (Wildman–Crippen MR) is 219 cm³/mol. The summed E-state index contributed by atoms with van der Waals surface area (Å²) in [6, 6.07) is 9.05. The molecule has 7 rings (SSSR count). The van der Waals surface area contributed by atoms with Crippen molar-refractivity contribution in [3.05, 3.63) is 60.4 Å². The van der Waals surface area contributed by atoms with E-state index < -0.39 is 80.5 Å². The molecule has 1 saturated heterocycles. The van der Waals surface area contributed by atoms with Crippen LogP contribution < -0.4 is 29.6 Å². The van der Waals surface area contributed by atoms with E-state index >= 15 is 4.39 Å². The number of halogens is 1. The third-order valence-electron chi connectivity index (χ3n) is 11.8. The Morgan fingerprint density at radius 2 is 1.83 bits per heavy atom. The third kappa shape index (κ3) is 9.15.